The molecule has 1 aromatic rings. The van der Waals surface area contributed by atoms with Crippen molar-refractivity contribution in [2.45, 2.75) is 51.9 Å². The van der Waals surface area contributed by atoms with Gasteiger partial charge in [0.15, 0.2) is 0 Å². The summed E-state index contributed by atoms with van der Waals surface area (Å²) in [6.07, 6.45) is 2.51. The molecule has 1 heteroatoms. The summed E-state index contributed by atoms with van der Waals surface area (Å²) in [4.78, 5) is 0. The maximum atomic E-state index is 3.61. The first-order chi connectivity index (χ1) is 7.49. The van der Waals surface area contributed by atoms with Crippen LogP contribution in [0.1, 0.15) is 57.6 Å². The molecule has 90 valence electrons. The number of hydrogen-bond donors (Lipinski definition) is 0. The second kappa shape index (κ2) is 5.86. The van der Waals surface area contributed by atoms with Gasteiger partial charge in [0, 0.05) is 5.33 Å². The molecule has 0 bridgehead atoms. The summed E-state index contributed by atoms with van der Waals surface area (Å²) in [5.41, 5.74) is 3.14. The van der Waals surface area contributed by atoms with E-state index in [-0.39, 0.29) is 5.41 Å². The lowest BCUT2D eigenvalue weighted by Gasteiger charge is -2.20. The first-order valence-electron chi connectivity index (χ1n) is 6.15. The van der Waals surface area contributed by atoms with E-state index in [0.717, 1.165) is 5.33 Å². The predicted molar refractivity (Wildman–Crippen MR) is 76.6 cm³/mol. The molecule has 0 aromatic heterocycles. The fraction of sp³-hybridized carbons (Fsp3) is 0.600. The van der Waals surface area contributed by atoms with Crippen LogP contribution < -0.4 is 0 Å². The maximum Gasteiger partial charge on any atom is 0.0100 e. The Hall–Kier alpha value is -0.300. The SMILES string of the molecule is CCCC(CBr)c1ccc(C(C)(C)C)cc1. The van der Waals surface area contributed by atoms with Crippen LogP contribution in [-0.2, 0) is 5.41 Å². The largest absolute Gasteiger partial charge is 0.0921 e. The Kier molecular flexibility index (Phi) is 5.04. The minimum Gasteiger partial charge on any atom is -0.0921 e. The Labute approximate surface area is 109 Å². The Morgan fingerprint density at radius 1 is 1.12 bits per heavy atom. The normalized spacial score (nSPS) is 13.8. The number of hydrogen-bond acceptors (Lipinski definition) is 0. The molecule has 0 nitrogen and oxygen atoms in total. The monoisotopic (exact) mass is 282 g/mol. The highest BCUT2D eigenvalue weighted by atomic mass is 79.9. The minimum absolute atomic E-state index is 0.257. The number of alkyl halides is 1. The number of rotatable bonds is 4. The van der Waals surface area contributed by atoms with Crippen molar-refractivity contribution in [1.29, 1.82) is 0 Å². The van der Waals surface area contributed by atoms with Gasteiger partial charge < -0.3 is 0 Å². The lowest BCUT2D eigenvalue weighted by molar-refractivity contribution is 0.589. The van der Waals surface area contributed by atoms with Crippen molar-refractivity contribution in [1.82, 2.24) is 0 Å². The van der Waals surface area contributed by atoms with E-state index >= 15 is 0 Å². The zero-order valence-electron chi connectivity index (χ0n) is 10.9. The van der Waals surface area contributed by atoms with E-state index in [2.05, 4.69) is 67.9 Å². The first kappa shape index (κ1) is 13.8. The zero-order chi connectivity index (χ0) is 12.2. The second-order valence-corrected chi connectivity index (χ2v) is 6.16. The van der Waals surface area contributed by atoms with Crippen LogP contribution >= 0.6 is 15.9 Å². The molecule has 0 N–H and O–H groups in total. The maximum absolute atomic E-state index is 3.61. The Morgan fingerprint density at radius 2 is 1.69 bits per heavy atom. The van der Waals surface area contributed by atoms with Crippen molar-refractivity contribution < 1.29 is 0 Å². The highest BCUT2D eigenvalue weighted by Gasteiger charge is 2.14. The molecule has 1 aromatic carbocycles. The summed E-state index contributed by atoms with van der Waals surface area (Å²) < 4.78 is 0. The van der Waals surface area contributed by atoms with Crippen molar-refractivity contribution in [2.24, 2.45) is 0 Å². The van der Waals surface area contributed by atoms with Gasteiger partial charge >= 0.3 is 0 Å². The molecule has 0 amide bonds. The summed E-state index contributed by atoms with van der Waals surface area (Å²) >= 11 is 3.61. The van der Waals surface area contributed by atoms with Gasteiger partial charge in [-0.2, -0.15) is 0 Å². The molecule has 16 heavy (non-hydrogen) atoms. The summed E-state index contributed by atoms with van der Waals surface area (Å²) in [7, 11) is 0. The molecule has 0 fully saturated rings. The van der Waals surface area contributed by atoms with Crippen LogP contribution in [-0.4, -0.2) is 5.33 Å². The van der Waals surface area contributed by atoms with Gasteiger partial charge in [-0.05, 0) is 28.9 Å². The molecule has 1 unspecified atom stereocenters. The van der Waals surface area contributed by atoms with Gasteiger partial charge in [-0.1, -0.05) is 74.3 Å². The molecular formula is C15H23Br. The Bertz CT molecular complexity index is 305. The van der Waals surface area contributed by atoms with Crippen molar-refractivity contribution >= 4 is 15.9 Å². The molecule has 1 atom stereocenters. The minimum atomic E-state index is 0.257. The zero-order valence-corrected chi connectivity index (χ0v) is 12.5. The Balaban J connectivity index is 2.85. The van der Waals surface area contributed by atoms with Gasteiger partial charge in [0.1, 0.15) is 0 Å². The Morgan fingerprint density at radius 3 is 2.06 bits per heavy atom. The van der Waals surface area contributed by atoms with Crippen LogP contribution in [0.3, 0.4) is 0 Å². The van der Waals surface area contributed by atoms with Crippen LogP contribution in [0.5, 0.6) is 0 Å². The smallest absolute Gasteiger partial charge is 0.0100 e. The topological polar surface area (TPSA) is 0 Å². The van der Waals surface area contributed by atoms with Crippen LogP contribution in [0.2, 0.25) is 0 Å². The highest BCUT2D eigenvalue weighted by Crippen LogP contribution is 2.27. The molecule has 1 rings (SSSR count). The van der Waals surface area contributed by atoms with Crippen LogP contribution in [0.4, 0.5) is 0 Å². The standard InChI is InChI=1S/C15H23Br/c1-5-6-13(11-16)12-7-9-14(10-8-12)15(2,3)4/h7-10,13H,5-6,11H2,1-4H3. The quantitative estimate of drug-likeness (QED) is 0.661. The number of halogens is 1. The van der Waals surface area contributed by atoms with Gasteiger partial charge in [-0.15, -0.1) is 0 Å². The van der Waals surface area contributed by atoms with Crippen LogP contribution in [0, 0.1) is 0 Å². The van der Waals surface area contributed by atoms with E-state index < -0.39 is 0 Å². The van der Waals surface area contributed by atoms with E-state index in [1.807, 2.05) is 0 Å². The van der Waals surface area contributed by atoms with Crippen molar-refractivity contribution in [3.8, 4) is 0 Å². The molecule has 0 aliphatic rings. The third kappa shape index (κ3) is 3.62. The highest BCUT2D eigenvalue weighted by molar-refractivity contribution is 9.09. The fourth-order valence-corrected chi connectivity index (χ4v) is 2.63. The predicted octanol–water partition coefficient (Wildman–Crippen LogP) is 5.26. The fourth-order valence-electron chi connectivity index (χ4n) is 1.94. The van der Waals surface area contributed by atoms with Gasteiger partial charge in [0.25, 0.3) is 0 Å². The van der Waals surface area contributed by atoms with Gasteiger partial charge in [0.2, 0.25) is 0 Å². The number of benzene rings is 1. The van der Waals surface area contributed by atoms with E-state index in [1.165, 1.54) is 24.0 Å². The van der Waals surface area contributed by atoms with Gasteiger partial charge in [-0.3, -0.25) is 0 Å². The van der Waals surface area contributed by atoms with Gasteiger partial charge in [0.05, 0.1) is 0 Å². The lowest BCUT2D eigenvalue weighted by atomic mass is 9.85. The molecule has 0 saturated heterocycles. The summed E-state index contributed by atoms with van der Waals surface area (Å²) in [6, 6.07) is 9.14. The van der Waals surface area contributed by atoms with Crippen LogP contribution in [0.15, 0.2) is 24.3 Å². The molecule has 0 aliphatic carbocycles. The third-order valence-electron chi connectivity index (χ3n) is 3.07. The van der Waals surface area contributed by atoms with E-state index in [0.29, 0.717) is 5.92 Å². The summed E-state index contributed by atoms with van der Waals surface area (Å²) in [5, 5.41) is 1.07. The molecule has 0 spiro atoms. The summed E-state index contributed by atoms with van der Waals surface area (Å²) in [5.74, 6) is 0.666. The van der Waals surface area contributed by atoms with Crippen molar-refractivity contribution in [3.63, 3.8) is 0 Å². The molecule has 0 radical (unpaired) electrons. The van der Waals surface area contributed by atoms with E-state index in [1.54, 1.807) is 0 Å². The van der Waals surface area contributed by atoms with E-state index in [9.17, 15) is 0 Å². The van der Waals surface area contributed by atoms with Gasteiger partial charge in [-0.25, -0.2) is 0 Å². The van der Waals surface area contributed by atoms with E-state index in [4.69, 9.17) is 0 Å². The molecule has 0 aliphatic heterocycles. The molecular weight excluding hydrogens is 260 g/mol. The first-order valence-corrected chi connectivity index (χ1v) is 7.27. The lowest BCUT2D eigenvalue weighted by Crippen LogP contribution is -2.11. The third-order valence-corrected chi connectivity index (χ3v) is 3.85. The molecule has 0 heterocycles. The molecule has 0 saturated carbocycles. The van der Waals surface area contributed by atoms with Crippen molar-refractivity contribution in [3.05, 3.63) is 35.4 Å². The average molecular weight is 283 g/mol. The van der Waals surface area contributed by atoms with Crippen LogP contribution in [0.25, 0.3) is 0 Å². The second-order valence-electron chi connectivity index (χ2n) is 5.51. The van der Waals surface area contributed by atoms with Crippen molar-refractivity contribution in [2.75, 3.05) is 5.33 Å². The summed E-state index contributed by atoms with van der Waals surface area (Å²) in [6.45, 7) is 9.03. The average Bonchev–Trinajstić information content (AvgIpc) is 2.25.